The standard InChI is InChI=1S/C13H19BrFN/c1-2-3-4-5-8-16-10-11-9-12(14)6-7-13(11)15/h6-7,9,16H,2-5,8,10H2,1H3. The monoisotopic (exact) mass is 287 g/mol. The van der Waals surface area contributed by atoms with Gasteiger partial charge in [-0.1, -0.05) is 42.1 Å². The second-order valence-electron chi connectivity index (χ2n) is 3.97. The van der Waals surface area contributed by atoms with Gasteiger partial charge >= 0.3 is 0 Å². The second-order valence-corrected chi connectivity index (χ2v) is 4.89. The van der Waals surface area contributed by atoms with E-state index in [0.717, 1.165) is 16.6 Å². The molecule has 0 bridgehead atoms. The molecule has 1 aromatic carbocycles. The number of halogens is 2. The summed E-state index contributed by atoms with van der Waals surface area (Å²) in [7, 11) is 0. The number of hydrogen-bond acceptors (Lipinski definition) is 1. The minimum Gasteiger partial charge on any atom is -0.313 e. The lowest BCUT2D eigenvalue weighted by Crippen LogP contribution is -2.15. The minimum absolute atomic E-state index is 0.135. The first kappa shape index (κ1) is 13.7. The average Bonchev–Trinajstić information content (AvgIpc) is 2.28. The summed E-state index contributed by atoms with van der Waals surface area (Å²) < 4.78 is 14.3. The lowest BCUT2D eigenvalue weighted by molar-refractivity contribution is 0.567. The van der Waals surface area contributed by atoms with Gasteiger partial charge < -0.3 is 5.32 Å². The fraction of sp³-hybridized carbons (Fsp3) is 0.538. The third-order valence-corrected chi connectivity index (χ3v) is 3.02. The van der Waals surface area contributed by atoms with Crippen LogP contribution in [-0.2, 0) is 6.54 Å². The van der Waals surface area contributed by atoms with Crippen LogP contribution < -0.4 is 5.32 Å². The van der Waals surface area contributed by atoms with E-state index in [0.29, 0.717) is 6.54 Å². The summed E-state index contributed by atoms with van der Waals surface area (Å²) >= 11 is 3.35. The molecule has 0 unspecified atom stereocenters. The largest absolute Gasteiger partial charge is 0.313 e. The van der Waals surface area contributed by atoms with Crippen LogP contribution in [0.4, 0.5) is 4.39 Å². The Kier molecular flexibility index (Phi) is 6.65. The Morgan fingerprint density at radius 1 is 1.25 bits per heavy atom. The first-order valence-electron chi connectivity index (χ1n) is 5.88. The molecule has 16 heavy (non-hydrogen) atoms. The van der Waals surface area contributed by atoms with Gasteiger partial charge in [0.2, 0.25) is 0 Å². The molecule has 0 heterocycles. The molecule has 0 aliphatic carbocycles. The summed E-state index contributed by atoms with van der Waals surface area (Å²) in [5.41, 5.74) is 0.727. The zero-order chi connectivity index (χ0) is 11.8. The van der Waals surface area contributed by atoms with Crippen molar-refractivity contribution in [1.82, 2.24) is 5.32 Å². The van der Waals surface area contributed by atoms with E-state index < -0.39 is 0 Å². The number of hydrogen-bond donors (Lipinski definition) is 1. The fourth-order valence-electron chi connectivity index (χ4n) is 1.58. The maximum absolute atomic E-state index is 13.3. The molecule has 0 atom stereocenters. The molecule has 0 aromatic heterocycles. The molecule has 1 nitrogen and oxygen atoms in total. The molecule has 1 rings (SSSR count). The van der Waals surface area contributed by atoms with Crippen LogP contribution in [0.25, 0.3) is 0 Å². The van der Waals surface area contributed by atoms with Gasteiger partial charge in [-0.15, -0.1) is 0 Å². The molecular formula is C13H19BrFN. The van der Waals surface area contributed by atoms with Crippen molar-refractivity contribution in [2.24, 2.45) is 0 Å². The van der Waals surface area contributed by atoms with Crippen molar-refractivity contribution in [3.63, 3.8) is 0 Å². The van der Waals surface area contributed by atoms with Gasteiger partial charge in [-0.05, 0) is 31.2 Å². The molecule has 0 saturated carbocycles. The Hall–Kier alpha value is -0.410. The highest BCUT2D eigenvalue weighted by molar-refractivity contribution is 9.10. The van der Waals surface area contributed by atoms with E-state index in [1.165, 1.54) is 31.7 Å². The predicted molar refractivity (Wildman–Crippen MR) is 69.9 cm³/mol. The zero-order valence-electron chi connectivity index (χ0n) is 9.73. The lowest BCUT2D eigenvalue weighted by atomic mass is 10.2. The first-order chi connectivity index (χ1) is 7.74. The van der Waals surface area contributed by atoms with Crippen molar-refractivity contribution in [3.05, 3.63) is 34.1 Å². The van der Waals surface area contributed by atoms with Gasteiger partial charge in [0.15, 0.2) is 0 Å². The topological polar surface area (TPSA) is 12.0 Å². The molecule has 1 N–H and O–H groups in total. The lowest BCUT2D eigenvalue weighted by Gasteiger charge is -2.06. The van der Waals surface area contributed by atoms with Gasteiger partial charge in [0.05, 0.1) is 0 Å². The van der Waals surface area contributed by atoms with E-state index in [1.807, 2.05) is 6.07 Å². The van der Waals surface area contributed by atoms with Crippen molar-refractivity contribution >= 4 is 15.9 Å². The molecule has 0 spiro atoms. The SMILES string of the molecule is CCCCCCNCc1cc(Br)ccc1F. The normalized spacial score (nSPS) is 10.7. The van der Waals surface area contributed by atoms with E-state index in [-0.39, 0.29) is 5.82 Å². The van der Waals surface area contributed by atoms with Crippen LogP contribution >= 0.6 is 15.9 Å². The number of rotatable bonds is 7. The zero-order valence-corrected chi connectivity index (χ0v) is 11.3. The van der Waals surface area contributed by atoms with Gasteiger partial charge in [-0.3, -0.25) is 0 Å². The Morgan fingerprint density at radius 2 is 2.06 bits per heavy atom. The van der Waals surface area contributed by atoms with Gasteiger partial charge in [0.25, 0.3) is 0 Å². The van der Waals surface area contributed by atoms with Crippen LogP contribution in [0, 0.1) is 5.82 Å². The quantitative estimate of drug-likeness (QED) is 0.739. The maximum Gasteiger partial charge on any atom is 0.127 e. The molecule has 1 aromatic rings. The van der Waals surface area contributed by atoms with Crippen LogP contribution in [0.5, 0.6) is 0 Å². The summed E-state index contributed by atoms with van der Waals surface area (Å²) in [5, 5.41) is 3.27. The van der Waals surface area contributed by atoms with Crippen LogP contribution in [0.2, 0.25) is 0 Å². The highest BCUT2D eigenvalue weighted by Gasteiger charge is 2.01. The Labute approximate surface area is 106 Å². The van der Waals surface area contributed by atoms with Crippen LogP contribution in [0.3, 0.4) is 0 Å². The molecule has 3 heteroatoms. The Bertz CT molecular complexity index is 315. The number of benzene rings is 1. The summed E-state index contributed by atoms with van der Waals surface area (Å²) in [6, 6.07) is 5.05. The highest BCUT2D eigenvalue weighted by atomic mass is 79.9. The van der Waals surface area contributed by atoms with Gasteiger partial charge in [0, 0.05) is 16.6 Å². The number of unbranched alkanes of at least 4 members (excludes halogenated alkanes) is 3. The molecule has 0 aliphatic heterocycles. The average molecular weight is 288 g/mol. The van der Waals surface area contributed by atoms with E-state index in [4.69, 9.17) is 0 Å². The summed E-state index contributed by atoms with van der Waals surface area (Å²) in [5.74, 6) is -0.135. The van der Waals surface area contributed by atoms with Crippen molar-refractivity contribution in [2.45, 2.75) is 39.2 Å². The van der Waals surface area contributed by atoms with Crippen molar-refractivity contribution in [1.29, 1.82) is 0 Å². The highest BCUT2D eigenvalue weighted by Crippen LogP contribution is 2.15. The number of nitrogens with one attached hydrogen (secondary N) is 1. The van der Waals surface area contributed by atoms with Crippen molar-refractivity contribution < 1.29 is 4.39 Å². The minimum atomic E-state index is -0.135. The molecular weight excluding hydrogens is 269 g/mol. The van der Waals surface area contributed by atoms with Gasteiger partial charge in [-0.25, -0.2) is 4.39 Å². The van der Waals surface area contributed by atoms with Crippen molar-refractivity contribution in [2.75, 3.05) is 6.54 Å². The molecule has 0 fully saturated rings. The summed E-state index contributed by atoms with van der Waals surface area (Å²) in [6.07, 6.45) is 4.96. The molecule has 0 saturated heterocycles. The summed E-state index contributed by atoms with van der Waals surface area (Å²) in [6.45, 7) is 3.77. The predicted octanol–water partition coefficient (Wildman–Crippen LogP) is 4.26. The second kappa shape index (κ2) is 7.80. The Balaban J connectivity index is 2.23. The molecule has 0 amide bonds. The third-order valence-electron chi connectivity index (χ3n) is 2.53. The van der Waals surface area contributed by atoms with Crippen LogP contribution in [0.15, 0.2) is 22.7 Å². The maximum atomic E-state index is 13.3. The summed E-state index contributed by atoms with van der Waals surface area (Å²) in [4.78, 5) is 0. The smallest absolute Gasteiger partial charge is 0.127 e. The van der Waals surface area contributed by atoms with E-state index in [9.17, 15) is 4.39 Å². The third kappa shape index (κ3) is 5.08. The van der Waals surface area contributed by atoms with Gasteiger partial charge in [0.1, 0.15) is 5.82 Å². The van der Waals surface area contributed by atoms with Gasteiger partial charge in [-0.2, -0.15) is 0 Å². The first-order valence-corrected chi connectivity index (χ1v) is 6.68. The molecule has 0 radical (unpaired) electrons. The van der Waals surface area contributed by atoms with E-state index in [2.05, 4.69) is 28.2 Å². The molecule has 90 valence electrons. The Morgan fingerprint density at radius 3 is 2.81 bits per heavy atom. The van der Waals surface area contributed by atoms with E-state index >= 15 is 0 Å². The fourth-order valence-corrected chi connectivity index (χ4v) is 1.99. The van der Waals surface area contributed by atoms with E-state index in [1.54, 1.807) is 6.07 Å². The van der Waals surface area contributed by atoms with Crippen LogP contribution in [0.1, 0.15) is 38.2 Å². The van der Waals surface area contributed by atoms with Crippen molar-refractivity contribution in [3.8, 4) is 0 Å². The molecule has 0 aliphatic rings. The van der Waals surface area contributed by atoms with Crippen LogP contribution in [-0.4, -0.2) is 6.54 Å².